The minimum atomic E-state index is -0.350. The Balaban J connectivity index is 1.79. The summed E-state index contributed by atoms with van der Waals surface area (Å²) in [5.41, 5.74) is 7.20. The van der Waals surface area contributed by atoms with Gasteiger partial charge in [-0.2, -0.15) is 0 Å². The molecule has 2 rings (SSSR count). The van der Waals surface area contributed by atoms with E-state index < -0.39 is 0 Å². The van der Waals surface area contributed by atoms with Gasteiger partial charge in [0.25, 0.3) is 0 Å². The third kappa shape index (κ3) is 3.45. The number of nitrogens with zero attached hydrogens (tertiary/aromatic N) is 1. The highest BCUT2D eigenvalue weighted by molar-refractivity contribution is 5.52. The Hall–Kier alpha value is -2.10. The number of nitrogen functional groups attached to an aromatic ring is 1. The monoisotopic (exact) mass is 246 g/mol. The van der Waals surface area contributed by atoms with Gasteiger partial charge >= 0.3 is 0 Å². The quantitative estimate of drug-likeness (QED) is 0.652. The molecular weight excluding hydrogens is 231 g/mol. The fourth-order valence-electron chi connectivity index (χ4n) is 1.66. The van der Waals surface area contributed by atoms with Gasteiger partial charge in [-0.1, -0.05) is 0 Å². The summed E-state index contributed by atoms with van der Waals surface area (Å²) in [6.07, 6.45) is 5.34. The second kappa shape index (κ2) is 6.00. The molecule has 0 amide bonds. The molecule has 0 atom stereocenters. The fraction of sp³-hybridized carbons (Fsp3) is 0.214. The van der Waals surface area contributed by atoms with Crippen molar-refractivity contribution in [2.24, 2.45) is 0 Å². The van der Waals surface area contributed by atoms with E-state index in [1.807, 2.05) is 12.1 Å². The van der Waals surface area contributed by atoms with Gasteiger partial charge < -0.3 is 10.5 Å². The number of nitrogens with two attached hydrogens (primary N) is 1. The van der Waals surface area contributed by atoms with Crippen molar-refractivity contribution in [3.63, 3.8) is 0 Å². The van der Waals surface area contributed by atoms with Crippen LogP contribution < -0.4 is 10.5 Å². The fourth-order valence-corrected chi connectivity index (χ4v) is 1.66. The molecule has 3 nitrogen and oxygen atoms in total. The van der Waals surface area contributed by atoms with Crippen molar-refractivity contribution in [3.05, 3.63) is 54.1 Å². The second-order valence-corrected chi connectivity index (χ2v) is 3.99. The first-order chi connectivity index (χ1) is 8.75. The zero-order valence-electron chi connectivity index (χ0n) is 9.97. The molecule has 0 spiro atoms. The Bertz CT molecular complexity index is 502. The van der Waals surface area contributed by atoms with Gasteiger partial charge in [-0.15, -0.1) is 0 Å². The number of aryl methyl sites for hydroxylation is 1. The van der Waals surface area contributed by atoms with Crippen LogP contribution in [-0.2, 0) is 6.42 Å². The summed E-state index contributed by atoms with van der Waals surface area (Å²) in [4.78, 5) is 3.96. The zero-order chi connectivity index (χ0) is 12.8. The topological polar surface area (TPSA) is 48.1 Å². The van der Waals surface area contributed by atoms with Crippen LogP contribution in [0.5, 0.6) is 5.75 Å². The molecule has 0 aliphatic rings. The summed E-state index contributed by atoms with van der Waals surface area (Å²) in [6.45, 7) is 0.554. The highest BCUT2D eigenvalue weighted by atomic mass is 19.1. The van der Waals surface area contributed by atoms with E-state index in [0.717, 1.165) is 12.8 Å². The van der Waals surface area contributed by atoms with Gasteiger partial charge in [0.05, 0.1) is 12.3 Å². The number of rotatable bonds is 5. The number of hydrogen-bond donors (Lipinski definition) is 1. The van der Waals surface area contributed by atoms with E-state index in [1.54, 1.807) is 18.5 Å². The normalized spacial score (nSPS) is 10.3. The summed E-state index contributed by atoms with van der Waals surface area (Å²) >= 11 is 0. The van der Waals surface area contributed by atoms with Crippen LogP contribution in [0.15, 0.2) is 42.7 Å². The predicted octanol–water partition coefficient (Wildman–Crippen LogP) is 2.81. The molecule has 0 radical (unpaired) electrons. The number of anilines is 1. The van der Waals surface area contributed by atoms with E-state index in [0.29, 0.717) is 18.0 Å². The van der Waals surface area contributed by atoms with Crippen molar-refractivity contribution in [2.75, 3.05) is 12.3 Å². The molecule has 0 saturated heterocycles. The van der Waals surface area contributed by atoms with Gasteiger partial charge in [0.15, 0.2) is 0 Å². The Morgan fingerprint density at radius 3 is 2.67 bits per heavy atom. The first kappa shape index (κ1) is 12.4. The molecule has 1 heterocycles. The molecule has 0 aliphatic heterocycles. The van der Waals surface area contributed by atoms with Crippen LogP contribution in [0.4, 0.5) is 10.1 Å². The molecule has 0 bridgehead atoms. The van der Waals surface area contributed by atoms with E-state index in [9.17, 15) is 4.39 Å². The lowest BCUT2D eigenvalue weighted by molar-refractivity contribution is 0.312. The molecule has 4 heteroatoms. The van der Waals surface area contributed by atoms with E-state index in [-0.39, 0.29) is 5.82 Å². The molecule has 2 N–H and O–H groups in total. The number of aromatic nitrogens is 1. The smallest absolute Gasteiger partial charge is 0.142 e. The van der Waals surface area contributed by atoms with Crippen LogP contribution >= 0.6 is 0 Å². The van der Waals surface area contributed by atoms with E-state index in [2.05, 4.69) is 4.98 Å². The second-order valence-electron chi connectivity index (χ2n) is 3.99. The average molecular weight is 246 g/mol. The van der Waals surface area contributed by atoms with Crippen LogP contribution in [0.2, 0.25) is 0 Å². The van der Waals surface area contributed by atoms with Gasteiger partial charge in [-0.25, -0.2) is 4.39 Å². The number of hydrogen-bond acceptors (Lipinski definition) is 3. The number of pyridine rings is 1. The molecule has 0 aliphatic carbocycles. The van der Waals surface area contributed by atoms with E-state index >= 15 is 0 Å². The van der Waals surface area contributed by atoms with E-state index in [1.165, 1.54) is 17.7 Å². The number of benzene rings is 1. The SMILES string of the molecule is Nc1cc(F)ccc1OCCCc1ccncc1. The lowest BCUT2D eigenvalue weighted by Gasteiger charge is -2.08. The highest BCUT2D eigenvalue weighted by Crippen LogP contribution is 2.21. The third-order valence-corrected chi connectivity index (χ3v) is 2.59. The van der Waals surface area contributed by atoms with Crippen LogP contribution in [0, 0.1) is 5.82 Å². The van der Waals surface area contributed by atoms with Gasteiger partial charge in [0, 0.05) is 18.5 Å². The number of halogens is 1. The molecule has 0 saturated carbocycles. The largest absolute Gasteiger partial charge is 0.491 e. The third-order valence-electron chi connectivity index (χ3n) is 2.59. The van der Waals surface area contributed by atoms with Crippen LogP contribution in [0.1, 0.15) is 12.0 Å². The minimum absolute atomic E-state index is 0.332. The molecule has 0 unspecified atom stereocenters. The summed E-state index contributed by atoms with van der Waals surface area (Å²) < 4.78 is 18.3. The summed E-state index contributed by atoms with van der Waals surface area (Å²) in [5.74, 6) is 0.183. The molecule has 1 aromatic heterocycles. The Morgan fingerprint density at radius 2 is 1.94 bits per heavy atom. The lowest BCUT2D eigenvalue weighted by Crippen LogP contribution is -2.02. The first-order valence-electron chi connectivity index (χ1n) is 5.82. The maximum atomic E-state index is 12.8. The van der Waals surface area contributed by atoms with Crippen LogP contribution in [-0.4, -0.2) is 11.6 Å². The Morgan fingerprint density at radius 1 is 1.17 bits per heavy atom. The predicted molar refractivity (Wildman–Crippen MR) is 68.9 cm³/mol. The Labute approximate surface area is 105 Å². The highest BCUT2D eigenvalue weighted by Gasteiger charge is 2.01. The minimum Gasteiger partial charge on any atom is -0.491 e. The summed E-state index contributed by atoms with van der Waals surface area (Å²) in [7, 11) is 0. The lowest BCUT2D eigenvalue weighted by atomic mass is 10.1. The standard InChI is InChI=1S/C14H15FN2O/c15-12-3-4-14(13(16)10-12)18-9-1-2-11-5-7-17-8-6-11/h3-8,10H,1-2,9,16H2. The van der Waals surface area contributed by atoms with Crippen LogP contribution in [0.25, 0.3) is 0 Å². The maximum Gasteiger partial charge on any atom is 0.142 e. The molecule has 18 heavy (non-hydrogen) atoms. The molecule has 2 aromatic rings. The van der Waals surface area contributed by atoms with Gasteiger partial charge in [-0.3, -0.25) is 4.98 Å². The zero-order valence-corrected chi connectivity index (χ0v) is 9.97. The summed E-state index contributed by atoms with van der Waals surface area (Å²) in [5, 5.41) is 0. The van der Waals surface area contributed by atoms with Crippen molar-refractivity contribution in [3.8, 4) is 5.75 Å². The first-order valence-corrected chi connectivity index (χ1v) is 5.82. The average Bonchev–Trinajstić information content (AvgIpc) is 2.38. The summed E-state index contributed by atoms with van der Waals surface area (Å²) in [6, 6.07) is 8.11. The van der Waals surface area contributed by atoms with Gasteiger partial charge in [-0.05, 0) is 42.7 Å². The molecule has 0 fully saturated rings. The van der Waals surface area contributed by atoms with Crippen molar-refractivity contribution in [1.82, 2.24) is 4.98 Å². The molecule has 1 aromatic carbocycles. The molecular formula is C14H15FN2O. The van der Waals surface area contributed by atoms with Crippen molar-refractivity contribution >= 4 is 5.69 Å². The van der Waals surface area contributed by atoms with Crippen molar-refractivity contribution in [1.29, 1.82) is 0 Å². The molecule has 94 valence electrons. The maximum absolute atomic E-state index is 12.8. The van der Waals surface area contributed by atoms with Crippen LogP contribution in [0.3, 0.4) is 0 Å². The Kier molecular flexibility index (Phi) is 4.12. The van der Waals surface area contributed by atoms with Gasteiger partial charge in [0.2, 0.25) is 0 Å². The van der Waals surface area contributed by atoms with Crippen molar-refractivity contribution in [2.45, 2.75) is 12.8 Å². The van der Waals surface area contributed by atoms with E-state index in [4.69, 9.17) is 10.5 Å². The van der Waals surface area contributed by atoms with Gasteiger partial charge in [0.1, 0.15) is 11.6 Å². The van der Waals surface area contributed by atoms with Crippen molar-refractivity contribution < 1.29 is 9.13 Å². The number of ether oxygens (including phenoxy) is 1.